The zero-order valence-electron chi connectivity index (χ0n) is 12.0. The molecule has 106 valence electrons. The van der Waals surface area contributed by atoms with E-state index in [1.165, 1.54) is 0 Å². The minimum atomic E-state index is 0.00324. The molecule has 2 rings (SSSR count). The molecule has 0 aliphatic carbocycles. The molecule has 1 saturated heterocycles. The highest BCUT2D eigenvalue weighted by molar-refractivity contribution is 5.54. The summed E-state index contributed by atoms with van der Waals surface area (Å²) in [5.74, 6) is 0.849. The first kappa shape index (κ1) is 14.2. The maximum atomic E-state index is 9.69. The van der Waals surface area contributed by atoms with Crippen molar-refractivity contribution in [3.05, 3.63) is 24.3 Å². The Hall–Kier alpha value is -1.26. The quantitative estimate of drug-likeness (QED) is 0.871. The Morgan fingerprint density at radius 3 is 2.95 bits per heavy atom. The van der Waals surface area contributed by atoms with E-state index in [0.717, 1.165) is 30.9 Å². The fourth-order valence-electron chi connectivity index (χ4n) is 2.84. The van der Waals surface area contributed by atoms with E-state index < -0.39 is 0 Å². The fraction of sp³-hybridized carbons (Fsp3) is 0.600. The molecule has 1 atom stereocenters. The lowest BCUT2D eigenvalue weighted by Crippen LogP contribution is -2.52. The van der Waals surface area contributed by atoms with Crippen LogP contribution in [0.2, 0.25) is 0 Å². The number of rotatable bonds is 3. The van der Waals surface area contributed by atoms with Crippen molar-refractivity contribution in [1.29, 1.82) is 0 Å². The Morgan fingerprint density at radius 2 is 2.26 bits per heavy atom. The van der Waals surface area contributed by atoms with Gasteiger partial charge in [-0.15, -0.1) is 0 Å². The van der Waals surface area contributed by atoms with E-state index in [0.29, 0.717) is 0 Å². The molecule has 0 spiro atoms. The molecule has 4 nitrogen and oxygen atoms in total. The van der Waals surface area contributed by atoms with Gasteiger partial charge in [-0.3, -0.25) is 0 Å². The number of hydrogen-bond donors (Lipinski definition) is 2. The van der Waals surface area contributed by atoms with Crippen LogP contribution in [-0.2, 0) is 0 Å². The molecule has 0 amide bonds. The summed E-state index contributed by atoms with van der Waals surface area (Å²) in [5.41, 5.74) is 1.11. The molecule has 0 radical (unpaired) electrons. The summed E-state index contributed by atoms with van der Waals surface area (Å²) in [6, 6.07) is 8.15. The van der Waals surface area contributed by atoms with Gasteiger partial charge in [0.25, 0.3) is 0 Å². The van der Waals surface area contributed by atoms with E-state index in [2.05, 4.69) is 30.1 Å². The summed E-state index contributed by atoms with van der Waals surface area (Å²) in [5, 5.41) is 13.1. The predicted octanol–water partition coefficient (Wildman–Crippen LogP) is 1.63. The summed E-state index contributed by atoms with van der Waals surface area (Å²) >= 11 is 0. The largest absolute Gasteiger partial charge is 0.497 e. The molecule has 1 unspecified atom stereocenters. The minimum absolute atomic E-state index is 0.00324. The Balaban J connectivity index is 2.39. The molecule has 0 bridgehead atoms. The van der Waals surface area contributed by atoms with Crippen molar-refractivity contribution in [2.24, 2.45) is 0 Å². The molecular formula is C15H24N2O2. The minimum Gasteiger partial charge on any atom is -0.497 e. The number of methoxy groups -OCH3 is 1. The van der Waals surface area contributed by atoms with E-state index in [1.807, 2.05) is 18.2 Å². The van der Waals surface area contributed by atoms with Gasteiger partial charge in [0.05, 0.1) is 19.8 Å². The second-order valence-corrected chi connectivity index (χ2v) is 5.67. The molecule has 1 aliphatic heterocycles. The van der Waals surface area contributed by atoms with Crippen molar-refractivity contribution in [2.75, 3.05) is 31.7 Å². The Bertz CT molecular complexity index is 420. The maximum absolute atomic E-state index is 9.69. The normalized spacial score (nSPS) is 22.9. The highest BCUT2D eigenvalue weighted by Crippen LogP contribution is 2.32. The highest BCUT2D eigenvalue weighted by atomic mass is 16.5. The SMILES string of the molecule is COc1cccc(N2C(CO)CNCCC2(C)C)c1. The third kappa shape index (κ3) is 3.01. The van der Waals surface area contributed by atoms with Gasteiger partial charge in [-0.2, -0.15) is 0 Å². The topological polar surface area (TPSA) is 44.7 Å². The summed E-state index contributed by atoms with van der Waals surface area (Å²) < 4.78 is 5.31. The molecular weight excluding hydrogens is 240 g/mol. The third-order valence-corrected chi connectivity index (χ3v) is 3.85. The molecule has 4 heteroatoms. The van der Waals surface area contributed by atoms with Crippen LogP contribution in [0.1, 0.15) is 20.3 Å². The number of nitrogens with zero attached hydrogens (tertiary/aromatic N) is 1. The molecule has 1 aliphatic rings. The second-order valence-electron chi connectivity index (χ2n) is 5.67. The molecule has 1 fully saturated rings. The first-order valence-corrected chi connectivity index (χ1v) is 6.83. The Morgan fingerprint density at radius 1 is 1.47 bits per heavy atom. The van der Waals surface area contributed by atoms with Crippen molar-refractivity contribution in [3.8, 4) is 5.75 Å². The summed E-state index contributed by atoms with van der Waals surface area (Å²) in [6.45, 7) is 6.37. The van der Waals surface area contributed by atoms with Crippen LogP contribution in [0.25, 0.3) is 0 Å². The monoisotopic (exact) mass is 264 g/mol. The predicted molar refractivity (Wildman–Crippen MR) is 77.9 cm³/mol. The molecule has 19 heavy (non-hydrogen) atoms. The van der Waals surface area contributed by atoms with Crippen molar-refractivity contribution >= 4 is 5.69 Å². The maximum Gasteiger partial charge on any atom is 0.120 e. The van der Waals surface area contributed by atoms with Crippen molar-refractivity contribution in [2.45, 2.75) is 31.8 Å². The van der Waals surface area contributed by atoms with Crippen molar-refractivity contribution in [3.63, 3.8) is 0 Å². The molecule has 1 aromatic rings. The number of ether oxygens (including phenoxy) is 1. The average Bonchev–Trinajstić information content (AvgIpc) is 2.56. The van der Waals surface area contributed by atoms with E-state index in [9.17, 15) is 5.11 Å². The highest BCUT2D eigenvalue weighted by Gasteiger charge is 2.34. The third-order valence-electron chi connectivity index (χ3n) is 3.85. The molecule has 2 N–H and O–H groups in total. The first-order chi connectivity index (χ1) is 9.08. The van der Waals surface area contributed by atoms with Gasteiger partial charge >= 0.3 is 0 Å². The smallest absolute Gasteiger partial charge is 0.120 e. The summed E-state index contributed by atoms with van der Waals surface area (Å²) in [6.07, 6.45) is 1.04. The van der Waals surface area contributed by atoms with Crippen molar-refractivity contribution < 1.29 is 9.84 Å². The van der Waals surface area contributed by atoms with E-state index >= 15 is 0 Å². The van der Waals surface area contributed by atoms with E-state index in [4.69, 9.17) is 4.74 Å². The van der Waals surface area contributed by atoms with Gasteiger partial charge < -0.3 is 20.1 Å². The Kier molecular flexibility index (Phi) is 4.32. The average molecular weight is 264 g/mol. The lowest BCUT2D eigenvalue weighted by atomic mass is 9.96. The first-order valence-electron chi connectivity index (χ1n) is 6.83. The van der Waals surface area contributed by atoms with Gasteiger partial charge in [0.1, 0.15) is 5.75 Å². The van der Waals surface area contributed by atoms with Gasteiger partial charge in [-0.25, -0.2) is 0 Å². The van der Waals surface area contributed by atoms with Gasteiger partial charge in [0.15, 0.2) is 0 Å². The van der Waals surface area contributed by atoms with E-state index in [-0.39, 0.29) is 18.2 Å². The van der Waals surface area contributed by atoms with Crippen LogP contribution < -0.4 is 15.0 Å². The number of aliphatic hydroxyl groups is 1. The van der Waals surface area contributed by atoms with Crippen molar-refractivity contribution in [1.82, 2.24) is 5.32 Å². The second kappa shape index (κ2) is 5.80. The number of nitrogens with one attached hydrogen (secondary N) is 1. The van der Waals surface area contributed by atoms with Crippen LogP contribution in [0.5, 0.6) is 5.75 Å². The molecule has 1 heterocycles. The summed E-state index contributed by atoms with van der Waals surface area (Å²) in [4.78, 5) is 2.32. The fourth-order valence-corrected chi connectivity index (χ4v) is 2.84. The van der Waals surface area contributed by atoms with Gasteiger partial charge in [-0.05, 0) is 38.9 Å². The lowest BCUT2D eigenvalue weighted by Gasteiger charge is -2.43. The number of anilines is 1. The van der Waals surface area contributed by atoms with Gasteiger partial charge in [-0.1, -0.05) is 6.07 Å². The number of hydrogen-bond acceptors (Lipinski definition) is 4. The number of aliphatic hydroxyl groups excluding tert-OH is 1. The zero-order chi connectivity index (χ0) is 13.9. The van der Waals surface area contributed by atoms with Crippen LogP contribution in [0.3, 0.4) is 0 Å². The van der Waals surface area contributed by atoms with Gasteiger partial charge in [0, 0.05) is 23.8 Å². The van der Waals surface area contributed by atoms with Crippen LogP contribution in [0.15, 0.2) is 24.3 Å². The van der Waals surface area contributed by atoms with Crippen LogP contribution >= 0.6 is 0 Å². The van der Waals surface area contributed by atoms with Crippen LogP contribution in [-0.4, -0.2) is 43.5 Å². The molecule has 1 aromatic carbocycles. The standard InChI is InChI=1S/C15H24N2O2/c1-15(2)7-8-16-10-13(11-18)17(15)12-5-4-6-14(9-12)19-3/h4-6,9,13,16,18H,7-8,10-11H2,1-3H3. The van der Waals surface area contributed by atoms with Gasteiger partial charge in [0.2, 0.25) is 0 Å². The molecule has 0 aromatic heterocycles. The van der Waals surface area contributed by atoms with Crippen LogP contribution in [0, 0.1) is 0 Å². The lowest BCUT2D eigenvalue weighted by molar-refractivity contribution is 0.245. The van der Waals surface area contributed by atoms with Crippen LogP contribution in [0.4, 0.5) is 5.69 Å². The zero-order valence-corrected chi connectivity index (χ0v) is 12.0. The Labute approximate surface area is 115 Å². The number of benzene rings is 1. The van der Waals surface area contributed by atoms with E-state index in [1.54, 1.807) is 7.11 Å². The summed E-state index contributed by atoms with van der Waals surface area (Å²) in [7, 11) is 1.68. The molecule has 0 saturated carbocycles.